The summed E-state index contributed by atoms with van der Waals surface area (Å²) in [6.07, 6.45) is 9.08. The minimum atomic E-state index is -0.890. The number of esters is 5. The van der Waals surface area contributed by atoms with E-state index >= 15 is 0 Å². The zero-order chi connectivity index (χ0) is 51.3. The van der Waals surface area contributed by atoms with Crippen LogP contribution in [0, 0.1) is 10.1 Å². The number of azo groups is 1. The first-order valence-corrected chi connectivity index (χ1v) is 23.2. The first kappa shape index (κ1) is 54.3. The van der Waals surface area contributed by atoms with Gasteiger partial charge in [-0.3, -0.25) is 10.1 Å². The lowest BCUT2D eigenvalue weighted by atomic mass is 10.0. The summed E-state index contributed by atoms with van der Waals surface area (Å²) in [5.74, 6) is -1.41. The number of carbonyl (C=O) groups excluding carboxylic acids is 5. The molecule has 0 heterocycles. The van der Waals surface area contributed by atoms with Gasteiger partial charge in [-0.25, -0.2) is 24.0 Å². The standard InChI is InChI=1S/C54H55N3O15/c1-3-50(58)68-34-11-7-5-9-32-65-44-23-27-46(28-24-44)71-52(60)39-14-31-48(54(62)72-47-29-25-45(26-30-47)66-33-10-6-8-12-35-69-51(59)4-2)49(38-39)53(61)70-37-13-36-67-43-21-17-41(18-22-43)56-55-40-15-19-42(20-16-40)57(63)64/h3-4,14-31,38H,1-2,5-13,32-37H2. The molecule has 0 unspecified atom stereocenters. The average Bonchev–Trinajstić information content (AvgIpc) is 3.40. The third-order valence-electron chi connectivity index (χ3n) is 10.2. The molecule has 18 heteroatoms. The van der Waals surface area contributed by atoms with Gasteiger partial charge in [0.1, 0.15) is 28.7 Å². The molecule has 0 radical (unpaired) electrons. The second-order valence-electron chi connectivity index (χ2n) is 15.6. The van der Waals surface area contributed by atoms with Crippen molar-refractivity contribution in [1.29, 1.82) is 0 Å². The van der Waals surface area contributed by atoms with Crippen LogP contribution in [0.25, 0.3) is 0 Å². The van der Waals surface area contributed by atoms with Gasteiger partial charge < -0.3 is 37.9 Å². The fourth-order valence-corrected chi connectivity index (χ4v) is 6.37. The molecule has 5 aromatic rings. The van der Waals surface area contributed by atoms with Crippen LogP contribution in [0.2, 0.25) is 0 Å². The molecular formula is C54H55N3O15. The summed E-state index contributed by atoms with van der Waals surface area (Å²) in [6.45, 7) is 8.39. The van der Waals surface area contributed by atoms with E-state index in [9.17, 15) is 34.1 Å². The van der Waals surface area contributed by atoms with Gasteiger partial charge in [-0.2, -0.15) is 10.2 Å². The quantitative estimate of drug-likeness (QED) is 0.00588. The van der Waals surface area contributed by atoms with E-state index in [0.29, 0.717) is 55.1 Å². The molecule has 0 saturated heterocycles. The van der Waals surface area contributed by atoms with Crippen LogP contribution in [-0.2, 0) is 23.8 Å². The summed E-state index contributed by atoms with van der Waals surface area (Å²) >= 11 is 0. The average molecular weight is 986 g/mol. The molecule has 0 aromatic heterocycles. The number of carbonyl (C=O) groups is 5. The highest BCUT2D eigenvalue weighted by atomic mass is 16.6. The molecule has 5 aromatic carbocycles. The number of nitro benzene ring substituents is 1. The lowest BCUT2D eigenvalue weighted by Gasteiger charge is -2.13. The van der Waals surface area contributed by atoms with Gasteiger partial charge in [-0.05, 0) is 154 Å². The first-order chi connectivity index (χ1) is 35.0. The van der Waals surface area contributed by atoms with Crippen molar-refractivity contribution in [3.05, 3.63) is 167 Å². The number of non-ortho nitro benzene ring substituents is 1. The summed E-state index contributed by atoms with van der Waals surface area (Å²) in [6, 6.07) is 29.1. The van der Waals surface area contributed by atoms with Crippen LogP contribution in [0.4, 0.5) is 17.1 Å². The highest BCUT2D eigenvalue weighted by Crippen LogP contribution is 2.26. The third-order valence-corrected chi connectivity index (χ3v) is 10.2. The van der Waals surface area contributed by atoms with Crippen molar-refractivity contribution in [1.82, 2.24) is 0 Å². The molecule has 0 aliphatic carbocycles. The van der Waals surface area contributed by atoms with Crippen molar-refractivity contribution in [3.63, 3.8) is 0 Å². The Labute approximate surface area is 416 Å². The number of hydrogen-bond donors (Lipinski definition) is 0. The van der Waals surface area contributed by atoms with Crippen molar-refractivity contribution in [2.45, 2.75) is 57.8 Å². The lowest BCUT2D eigenvalue weighted by molar-refractivity contribution is -0.384. The van der Waals surface area contributed by atoms with Crippen LogP contribution in [0.3, 0.4) is 0 Å². The van der Waals surface area contributed by atoms with Crippen molar-refractivity contribution < 1.29 is 66.8 Å². The largest absolute Gasteiger partial charge is 0.494 e. The number of unbranched alkanes of at least 4 members (excludes halogenated alkanes) is 6. The summed E-state index contributed by atoms with van der Waals surface area (Å²) in [5.41, 5.74) is 0.500. The second-order valence-corrected chi connectivity index (χ2v) is 15.6. The molecule has 0 saturated carbocycles. The number of benzene rings is 5. The minimum absolute atomic E-state index is 0.0326. The van der Waals surface area contributed by atoms with Gasteiger partial charge in [0.15, 0.2) is 0 Å². The van der Waals surface area contributed by atoms with Crippen molar-refractivity contribution in [2.75, 3.05) is 39.6 Å². The number of nitro groups is 1. The highest BCUT2D eigenvalue weighted by Gasteiger charge is 2.23. The van der Waals surface area contributed by atoms with Crippen LogP contribution in [-0.4, -0.2) is 74.4 Å². The molecule has 0 aliphatic heterocycles. The molecular weight excluding hydrogens is 931 g/mol. The SMILES string of the molecule is C=CC(=O)OCCCCCCOc1ccc(OC(=O)c2ccc(C(=O)Oc3ccc(OCCCCCCOC(=O)C=C)cc3)c(C(=O)OCCCOc3ccc(N=Nc4ccc([N+](=O)[O-])cc4)cc3)c2)cc1. The van der Waals surface area contributed by atoms with Crippen LogP contribution >= 0.6 is 0 Å². The Balaban J connectivity index is 1.14. The van der Waals surface area contributed by atoms with Crippen molar-refractivity contribution in [3.8, 4) is 28.7 Å². The molecule has 0 atom stereocenters. The Morgan fingerprint density at radius 2 is 0.847 bits per heavy atom. The minimum Gasteiger partial charge on any atom is -0.494 e. The molecule has 0 spiro atoms. The van der Waals surface area contributed by atoms with E-state index in [2.05, 4.69) is 23.4 Å². The Hall–Kier alpha value is -8.67. The molecule has 0 fully saturated rings. The predicted octanol–water partition coefficient (Wildman–Crippen LogP) is 11.4. The van der Waals surface area contributed by atoms with Gasteiger partial charge in [0.05, 0.1) is 72.6 Å². The molecule has 0 aliphatic rings. The van der Waals surface area contributed by atoms with Crippen LogP contribution in [0.15, 0.2) is 151 Å². The Bertz CT molecular complexity index is 2620. The van der Waals surface area contributed by atoms with E-state index in [1.807, 2.05) is 0 Å². The fourth-order valence-electron chi connectivity index (χ4n) is 6.37. The monoisotopic (exact) mass is 985 g/mol. The fraction of sp³-hybridized carbons (Fsp3) is 0.278. The zero-order valence-electron chi connectivity index (χ0n) is 39.6. The summed E-state index contributed by atoms with van der Waals surface area (Å²) in [4.78, 5) is 73.3. The summed E-state index contributed by atoms with van der Waals surface area (Å²) in [5, 5.41) is 19.1. The Morgan fingerprint density at radius 3 is 1.32 bits per heavy atom. The third kappa shape index (κ3) is 19.4. The van der Waals surface area contributed by atoms with Crippen LogP contribution in [0.5, 0.6) is 28.7 Å². The molecule has 376 valence electrons. The maximum absolute atomic E-state index is 13.6. The van der Waals surface area contributed by atoms with E-state index in [0.717, 1.165) is 63.5 Å². The van der Waals surface area contributed by atoms with Gasteiger partial charge in [-0.15, -0.1) is 0 Å². The zero-order valence-corrected chi connectivity index (χ0v) is 39.6. The lowest BCUT2D eigenvalue weighted by Crippen LogP contribution is -2.19. The highest BCUT2D eigenvalue weighted by molar-refractivity contribution is 6.06. The van der Waals surface area contributed by atoms with Crippen LogP contribution < -0.4 is 23.7 Å². The van der Waals surface area contributed by atoms with E-state index in [1.165, 1.54) is 42.5 Å². The van der Waals surface area contributed by atoms with E-state index in [1.54, 1.807) is 72.8 Å². The van der Waals surface area contributed by atoms with E-state index in [4.69, 9.17) is 37.9 Å². The summed E-state index contributed by atoms with van der Waals surface area (Å²) in [7, 11) is 0. The Morgan fingerprint density at radius 1 is 0.444 bits per heavy atom. The van der Waals surface area contributed by atoms with Crippen molar-refractivity contribution >= 4 is 46.9 Å². The molecule has 0 bridgehead atoms. The molecule has 0 N–H and O–H groups in total. The summed E-state index contributed by atoms with van der Waals surface area (Å²) < 4.78 is 44.1. The maximum Gasteiger partial charge on any atom is 0.344 e. The molecule has 0 amide bonds. The molecule has 72 heavy (non-hydrogen) atoms. The number of rotatable bonds is 31. The Kier molecular flexibility index (Phi) is 22.7. The normalized spacial score (nSPS) is 10.7. The van der Waals surface area contributed by atoms with Gasteiger partial charge in [-0.1, -0.05) is 13.2 Å². The van der Waals surface area contributed by atoms with E-state index in [-0.39, 0.29) is 53.5 Å². The second kappa shape index (κ2) is 30.0. The van der Waals surface area contributed by atoms with Gasteiger partial charge in [0.25, 0.3) is 5.69 Å². The maximum atomic E-state index is 13.6. The number of hydrogen-bond acceptors (Lipinski definition) is 17. The molecule has 18 nitrogen and oxygen atoms in total. The number of nitrogens with zero attached hydrogens (tertiary/aromatic N) is 3. The van der Waals surface area contributed by atoms with Gasteiger partial charge in [0.2, 0.25) is 0 Å². The van der Waals surface area contributed by atoms with E-state index < -0.39 is 34.8 Å². The number of ether oxygens (including phenoxy) is 8. The topological polar surface area (TPSA) is 227 Å². The smallest absolute Gasteiger partial charge is 0.344 e. The van der Waals surface area contributed by atoms with Crippen molar-refractivity contribution in [2.24, 2.45) is 10.2 Å². The van der Waals surface area contributed by atoms with Gasteiger partial charge in [0, 0.05) is 30.7 Å². The predicted molar refractivity (Wildman–Crippen MR) is 264 cm³/mol. The molecule has 5 rings (SSSR count). The van der Waals surface area contributed by atoms with Crippen LogP contribution in [0.1, 0.15) is 88.9 Å². The first-order valence-electron chi connectivity index (χ1n) is 23.2. The van der Waals surface area contributed by atoms with Gasteiger partial charge >= 0.3 is 29.8 Å².